The SMILES string of the molecule is CC1CCCN(CCC(N)=S)C1C. The van der Waals surface area contributed by atoms with Crippen LogP contribution < -0.4 is 5.73 Å². The fourth-order valence-electron chi connectivity index (χ4n) is 1.99. The van der Waals surface area contributed by atoms with Gasteiger partial charge in [-0.15, -0.1) is 0 Å². The van der Waals surface area contributed by atoms with Crippen LogP contribution in [-0.2, 0) is 0 Å². The van der Waals surface area contributed by atoms with Gasteiger partial charge < -0.3 is 5.73 Å². The molecule has 0 aliphatic carbocycles. The first-order valence-corrected chi connectivity index (χ1v) is 5.54. The fraction of sp³-hybridized carbons (Fsp3) is 0.900. The topological polar surface area (TPSA) is 29.3 Å². The summed E-state index contributed by atoms with van der Waals surface area (Å²) in [4.78, 5) is 3.15. The zero-order valence-electron chi connectivity index (χ0n) is 8.62. The first kappa shape index (κ1) is 10.9. The Balaban J connectivity index is 2.35. The van der Waals surface area contributed by atoms with Gasteiger partial charge in [0.05, 0.1) is 4.99 Å². The molecular weight excluding hydrogens is 180 g/mol. The van der Waals surface area contributed by atoms with Gasteiger partial charge in [0.2, 0.25) is 0 Å². The minimum Gasteiger partial charge on any atom is -0.393 e. The van der Waals surface area contributed by atoms with Gasteiger partial charge in [0, 0.05) is 19.0 Å². The molecule has 2 atom stereocenters. The molecule has 1 fully saturated rings. The molecule has 1 rings (SSSR count). The van der Waals surface area contributed by atoms with Gasteiger partial charge in [-0.1, -0.05) is 19.1 Å². The Bertz CT molecular complexity index is 182. The van der Waals surface area contributed by atoms with E-state index in [9.17, 15) is 0 Å². The predicted octanol–water partition coefficient (Wildman–Crippen LogP) is 1.78. The van der Waals surface area contributed by atoms with Gasteiger partial charge in [0.25, 0.3) is 0 Å². The molecule has 0 spiro atoms. The zero-order valence-corrected chi connectivity index (χ0v) is 9.44. The highest BCUT2D eigenvalue weighted by molar-refractivity contribution is 7.80. The maximum atomic E-state index is 5.49. The lowest BCUT2D eigenvalue weighted by molar-refractivity contribution is 0.117. The van der Waals surface area contributed by atoms with E-state index < -0.39 is 0 Å². The van der Waals surface area contributed by atoms with Crippen LogP contribution >= 0.6 is 12.2 Å². The summed E-state index contributed by atoms with van der Waals surface area (Å²) < 4.78 is 0. The van der Waals surface area contributed by atoms with Crippen LogP contribution in [0.4, 0.5) is 0 Å². The number of nitrogens with zero attached hydrogens (tertiary/aromatic N) is 1. The van der Waals surface area contributed by atoms with E-state index in [1.54, 1.807) is 0 Å². The molecule has 2 unspecified atom stereocenters. The lowest BCUT2D eigenvalue weighted by atomic mass is 9.92. The second kappa shape index (κ2) is 4.91. The van der Waals surface area contributed by atoms with Crippen molar-refractivity contribution < 1.29 is 0 Å². The largest absolute Gasteiger partial charge is 0.393 e. The molecule has 76 valence electrons. The Labute approximate surface area is 86.5 Å². The van der Waals surface area contributed by atoms with Crippen molar-refractivity contribution in [2.45, 2.75) is 39.2 Å². The molecule has 1 aliphatic heterocycles. The summed E-state index contributed by atoms with van der Waals surface area (Å²) in [6, 6.07) is 0.697. The van der Waals surface area contributed by atoms with Gasteiger partial charge in [0.1, 0.15) is 0 Å². The van der Waals surface area contributed by atoms with Crippen molar-refractivity contribution in [2.75, 3.05) is 13.1 Å². The van der Waals surface area contributed by atoms with Crippen LogP contribution in [-0.4, -0.2) is 29.0 Å². The van der Waals surface area contributed by atoms with Crippen LogP contribution in [0.1, 0.15) is 33.1 Å². The molecule has 2 nitrogen and oxygen atoms in total. The molecule has 0 aromatic rings. The van der Waals surface area contributed by atoms with E-state index in [2.05, 4.69) is 18.7 Å². The van der Waals surface area contributed by atoms with Gasteiger partial charge in [-0.25, -0.2) is 0 Å². The van der Waals surface area contributed by atoms with E-state index >= 15 is 0 Å². The smallest absolute Gasteiger partial charge is 0.0740 e. The third kappa shape index (κ3) is 3.24. The monoisotopic (exact) mass is 200 g/mol. The summed E-state index contributed by atoms with van der Waals surface area (Å²) in [5.41, 5.74) is 5.49. The van der Waals surface area contributed by atoms with E-state index in [0.717, 1.165) is 18.9 Å². The average molecular weight is 200 g/mol. The summed E-state index contributed by atoms with van der Waals surface area (Å²) >= 11 is 4.88. The number of thiocarbonyl (C=S) groups is 1. The van der Waals surface area contributed by atoms with Gasteiger partial charge in [-0.3, -0.25) is 4.90 Å². The second-order valence-corrected chi connectivity index (χ2v) is 4.64. The molecule has 13 heavy (non-hydrogen) atoms. The first-order valence-electron chi connectivity index (χ1n) is 5.13. The Kier molecular flexibility index (Phi) is 4.13. The van der Waals surface area contributed by atoms with Crippen molar-refractivity contribution in [3.8, 4) is 0 Å². The lowest BCUT2D eigenvalue weighted by Gasteiger charge is -2.37. The fourth-order valence-corrected chi connectivity index (χ4v) is 2.08. The van der Waals surface area contributed by atoms with Gasteiger partial charge in [0.15, 0.2) is 0 Å². The van der Waals surface area contributed by atoms with Crippen LogP contribution in [0.25, 0.3) is 0 Å². The van der Waals surface area contributed by atoms with Gasteiger partial charge in [-0.2, -0.15) is 0 Å². The van der Waals surface area contributed by atoms with Crippen molar-refractivity contribution in [1.82, 2.24) is 4.90 Å². The number of hydrogen-bond acceptors (Lipinski definition) is 2. The molecule has 0 aromatic carbocycles. The minimum absolute atomic E-state index is 0.644. The van der Waals surface area contributed by atoms with E-state index in [1.165, 1.54) is 19.4 Å². The van der Waals surface area contributed by atoms with E-state index in [4.69, 9.17) is 18.0 Å². The summed E-state index contributed by atoms with van der Waals surface area (Å²) in [5, 5.41) is 0. The second-order valence-electron chi connectivity index (χ2n) is 4.11. The summed E-state index contributed by atoms with van der Waals surface area (Å²) in [5.74, 6) is 0.820. The van der Waals surface area contributed by atoms with Crippen molar-refractivity contribution in [1.29, 1.82) is 0 Å². The zero-order chi connectivity index (χ0) is 9.84. The molecule has 1 saturated heterocycles. The average Bonchev–Trinajstić information content (AvgIpc) is 2.07. The van der Waals surface area contributed by atoms with Crippen LogP contribution in [0.3, 0.4) is 0 Å². The lowest BCUT2D eigenvalue weighted by Crippen LogP contribution is -2.43. The van der Waals surface area contributed by atoms with Crippen molar-refractivity contribution >= 4 is 17.2 Å². The number of likely N-dealkylation sites (tertiary alicyclic amines) is 1. The van der Waals surface area contributed by atoms with E-state index in [0.29, 0.717) is 11.0 Å². The predicted molar refractivity (Wildman–Crippen MR) is 60.8 cm³/mol. The highest BCUT2D eigenvalue weighted by Gasteiger charge is 2.23. The van der Waals surface area contributed by atoms with Crippen LogP contribution in [0.15, 0.2) is 0 Å². The minimum atomic E-state index is 0.644. The third-order valence-electron chi connectivity index (χ3n) is 3.15. The van der Waals surface area contributed by atoms with Gasteiger partial charge >= 0.3 is 0 Å². The maximum Gasteiger partial charge on any atom is 0.0740 e. The molecule has 0 bridgehead atoms. The number of hydrogen-bond donors (Lipinski definition) is 1. The summed E-state index contributed by atoms with van der Waals surface area (Å²) in [6.07, 6.45) is 3.56. The quantitative estimate of drug-likeness (QED) is 0.704. The molecule has 1 aliphatic rings. The molecule has 2 N–H and O–H groups in total. The molecule has 0 amide bonds. The third-order valence-corrected chi connectivity index (χ3v) is 3.35. The standard InChI is InChI=1S/C10H20N2S/c1-8-4-3-6-12(9(8)2)7-5-10(11)13/h8-9H,3-7H2,1-2H3,(H2,11,13). The normalized spacial score (nSPS) is 30.3. The summed E-state index contributed by atoms with van der Waals surface area (Å²) in [6.45, 7) is 6.90. The van der Waals surface area contributed by atoms with E-state index in [1.807, 2.05) is 0 Å². The Morgan fingerprint density at radius 1 is 1.54 bits per heavy atom. The molecule has 3 heteroatoms. The first-order chi connectivity index (χ1) is 6.11. The maximum absolute atomic E-state index is 5.49. The number of piperidine rings is 1. The van der Waals surface area contributed by atoms with Crippen LogP contribution in [0.5, 0.6) is 0 Å². The van der Waals surface area contributed by atoms with Gasteiger partial charge in [-0.05, 0) is 32.2 Å². The molecular formula is C10H20N2S. The Morgan fingerprint density at radius 2 is 2.23 bits per heavy atom. The van der Waals surface area contributed by atoms with E-state index in [-0.39, 0.29) is 0 Å². The molecule has 0 radical (unpaired) electrons. The number of rotatable bonds is 3. The van der Waals surface area contributed by atoms with Crippen LogP contribution in [0, 0.1) is 5.92 Å². The van der Waals surface area contributed by atoms with Crippen molar-refractivity contribution in [3.63, 3.8) is 0 Å². The molecule has 0 aromatic heterocycles. The Hall–Kier alpha value is -0.150. The number of nitrogens with two attached hydrogens (primary N) is 1. The molecule has 0 saturated carbocycles. The summed E-state index contributed by atoms with van der Waals surface area (Å²) in [7, 11) is 0. The highest BCUT2D eigenvalue weighted by atomic mass is 32.1. The van der Waals surface area contributed by atoms with Crippen LogP contribution in [0.2, 0.25) is 0 Å². The Morgan fingerprint density at radius 3 is 2.85 bits per heavy atom. The highest BCUT2D eigenvalue weighted by Crippen LogP contribution is 2.22. The van der Waals surface area contributed by atoms with Crippen molar-refractivity contribution in [3.05, 3.63) is 0 Å². The molecule has 1 heterocycles. The van der Waals surface area contributed by atoms with Crippen molar-refractivity contribution in [2.24, 2.45) is 11.7 Å².